The van der Waals surface area contributed by atoms with Crippen molar-refractivity contribution in [2.75, 3.05) is 26.3 Å². The molecule has 4 rings (SSSR count). The number of likely N-dealkylation sites (tertiary alicyclic amines) is 1. The minimum atomic E-state index is -0.745. The Hall–Kier alpha value is -3.67. The Morgan fingerprint density at radius 3 is 2.53 bits per heavy atom. The van der Waals surface area contributed by atoms with E-state index in [1.165, 1.54) is 23.9 Å². The molecule has 0 aliphatic carbocycles. The second kappa shape index (κ2) is 11.8. The molecule has 1 aromatic carbocycles. The molecule has 12 heteroatoms. The first-order chi connectivity index (χ1) is 18.2. The summed E-state index contributed by atoms with van der Waals surface area (Å²) in [7, 11) is 0. The minimum absolute atomic E-state index is 0.0523. The number of carbonyl (C=O) groups excluding carboxylic acids is 3. The number of aliphatic imine (C=N–C) groups is 1. The van der Waals surface area contributed by atoms with Gasteiger partial charge in [-0.15, -0.1) is 0 Å². The van der Waals surface area contributed by atoms with Crippen LogP contribution >= 0.6 is 11.8 Å². The normalized spacial score (nSPS) is 19.5. The van der Waals surface area contributed by atoms with Crippen molar-refractivity contribution in [3.63, 3.8) is 0 Å². The van der Waals surface area contributed by atoms with E-state index in [1.54, 1.807) is 42.7 Å². The van der Waals surface area contributed by atoms with Crippen LogP contribution in [-0.2, 0) is 23.9 Å². The Morgan fingerprint density at radius 2 is 1.87 bits per heavy atom. The Labute approximate surface area is 224 Å². The van der Waals surface area contributed by atoms with Gasteiger partial charge in [-0.05, 0) is 44.6 Å². The van der Waals surface area contributed by atoms with Crippen LogP contribution in [0.1, 0.15) is 51.6 Å². The van der Waals surface area contributed by atoms with Crippen molar-refractivity contribution in [3.8, 4) is 0 Å². The molecule has 1 aromatic rings. The first kappa shape index (κ1) is 27.4. The molecule has 0 radical (unpaired) electrons. The second-order valence-corrected chi connectivity index (χ2v) is 9.89. The van der Waals surface area contributed by atoms with E-state index >= 15 is 0 Å². The number of hydrogen-bond donors (Lipinski definition) is 0. The molecule has 11 nitrogen and oxygen atoms in total. The first-order valence-corrected chi connectivity index (χ1v) is 13.4. The maximum absolute atomic E-state index is 13.3. The van der Waals surface area contributed by atoms with Gasteiger partial charge in [0, 0.05) is 30.9 Å². The molecule has 3 aliphatic heterocycles. The van der Waals surface area contributed by atoms with Crippen LogP contribution in [-0.4, -0.2) is 64.0 Å². The fraction of sp³-hybridized carbons (Fsp3) is 0.462. The van der Waals surface area contributed by atoms with Gasteiger partial charge >= 0.3 is 11.9 Å². The smallest absolute Gasteiger partial charge is 0.338 e. The van der Waals surface area contributed by atoms with Crippen LogP contribution in [0.4, 0.5) is 5.69 Å². The summed E-state index contributed by atoms with van der Waals surface area (Å²) in [5.41, 5.74) is 1.78. The van der Waals surface area contributed by atoms with E-state index in [0.29, 0.717) is 54.7 Å². The molecule has 0 spiro atoms. The first-order valence-electron chi connectivity index (χ1n) is 12.5. The monoisotopic (exact) mass is 542 g/mol. The molecular weight excluding hydrogens is 512 g/mol. The van der Waals surface area contributed by atoms with Gasteiger partial charge in [0.25, 0.3) is 5.69 Å². The number of amidine groups is 1. The molecular formula is C26H30N4O7S. The minimum Gasteiger partial charge on any atom is -0.466 e. The highest BCUT2D eigenvalue weighted by molar-refractivity contribution is 8.16. The number of fused-ring (bicyclic) bond motifs is 1. The van der Waals surface area contributed by atoms with Gasteiger partial charge in [0.1, 0.15) is 0 Å². The molecule has 3 aliphatic rings. The lowest BCUT2D eigenvalue weighted by Gasteiger charge is -2.37. The highest BCUT2D eigenvalue weighted by Gasteiger charge is 2.42. The molecule has 1 amide bonds. The second-order valence-electron chi connectivity index (χ2n) is 9.05. The van der Waals surface area contributed by atoms with Crippen molar-refractivity contribution in [1.82, 2.24) is 9.80 Å². The summed E-state index contributed by atoms with van der Waals surface area (Å²) < 4.78 is 10.4. The third-order valence-electron chi connectivity index (χ3n) is 6.69. The summed E-state index contributed by atoms with van der Waals surface area (Å²) in [4.78, 5) is 57.6. The third kappa shape index (κ3) is 5.59. The summed E-state index contributed by atoms with van der Waals surface area (Å²) in [6, 6.07) is 5.37. The van der Waals surface area contributed by atoms with E-state index in [1.807, 2.05) is 5.41 Å². The third-order valence-corrected chi connectivity index (χ3v) is 7.58. The number of carbonyl (C=O) groups is 3. The topological polar surface area (TPSA) is 132 Å². The lowest BCUT2D eigenvalue weighted by atomic mass is 9.93. The quantitative estimate of drug-likeness (QED) is 0.272. The summed E-state index contributed by atoms with van der Waals surface area (Å²) >= 11 is 1.33. The van der Waals surface area contributed by atoms with Crippen LogP contribution in [0.5, 0.6) is 0 Å². The summed E-state index contributed by atoms with van der Waals surface area (Å²) in [6.45, 7) is 6.57. The Morgan fingerprint density at radius 1 is 1.16 bits per heavy atom. The lowest BCUT2D eigenvalue weighted by Crippen LogP contribution is -2.42. The number of thioether (sulfide) groups is 1. The largest absolute Gasteiger partial charge is 0.466 e. The van der Waals surface area contributed by atoms with Crippen molar-refractivity contribution in [1.29, 1.82) is 0 Å². The van der Waals surface area contributed by atoms with Gasteiger partial charge < -0.3 is 19.3 Å². The maximum atomic E-state index is 13.3. The number of nitro benzene ring substituents is 1. The summed E-state index contributed by atoms with van der Waals surface area (Å²) in [5.74, 6) is -1.10. The zero-order valence-electron chi connectivity index (χ0n) is 21.5. The van der Waals surface area contributed by atoms with Gasteiger partial charge in [0.05, 0.1) is 47.8 Å². The zero-order chi connectivity index (χ0) is 27.4. The highest BCUT2D eigenvalue weighted by atomic mass is 32.2. The van der Waals surface area contributed by atoms with E-state index in [-0.39, 0.29) is 42.1 Å². The molecule has 0 N–H and O–H groups in total. The number of esters is 2. The number of non-ortho nitro benzene ring substituents is 1. The summed E-state index contributed by atoms with van der Waals surface area (Å²) in [5, 5.41) is 13.9. The van der Waals surface area contributed by atoms with E-state index in [4.69, 9.17) is 9.47 Å². The van der Waals surface area contributed by atoms with Gasteiger partial charge in [-0.3, -0.25) is 19.7 Å². The van der Waals surface area contributed by atoms with Crippen molar-refractivity contribution >= 4 is 40.5 Å². The number of amides is 1. The van der Waals surface area contributed by atoms with Crippen LogP contribution < -0.4 is 0 Å². The van der Waals surface area contributed by atoms with Crippen LogP contribution in [0, 0.1) is 16.0 Å². The van der Waals surface area contributed by atoms with Crippen molar-refractivity contribution in [2.45, 2.75) is 46.1 Å². The fourth-order valence-corrected chi connectivity index (χ4v) is 5.82. The van der Waals surface area contributed by atoms with Crippen molar-refractivity contribution in [3.05, 3.63) is 62.3 Å². The van der Waals surface area contributed by atoms with E-state index in [0.717, 1.165) is 0 Å². The Bertz CT molecular complexity index is 1230. The number of ether oxygens (including phenoxy) is 2. The number of hydrogen-bond acceptors (Lipinski definition) is 10. The van der Waals surface area contributed by atoms with Gasteiger partial charge in [0.15, 0.2) is 5.17 Å². The molecule has 0 bridgehead atoms. The number of piperidine rings is 1. The van der Waals surface area contributed by atoms with Crippen LogP contribution in [0.25, 0.3) is 0 Å². The van der Waals surface area contributed by atoms with Crippen LogP contribution in [0.3, 0.4) is 0 Å². The molecule has 38 heavy (non-hydrogen) atoms. The lowest BCUT2D eigenvalue weighted by molar-refractivity contribution is -0.384. The van der Waals surface area contributed by atoms with E-state index in [2.05, 4.69) is 4.99 Å². The molecule has 0 saturated carbocycles. The molecule has 202 valence electrons. The zero-order valence-corrected chi connectivity index (χ0v) is 22.4. The maximum Gasteiger partial charge on any atom is 0.338 e. The van der Waals surface area contributed by atoms with Gasteiger partial charge in [-0.2, -0.15) is 0 Å². The number of nitro groups is 1. The average molecular weight is 543 g/mol. The number of nitrogens with zero attached hydrogens (tertiary/aromatic N) is 4. The Kier molecular flexibility index (Phi) is 8.50. The Balaban J connectivity index is 1.59. The molecule has 3 heterocycles. The van der Waals surface area contributed by atoms with Gasteiger partial charge in [-0.25, -0.2) is 9.79 Å². The predicted octanol–water partition coefficient (Wildman–Crippen LogP) is 3.92. The van der Waals surface area contributed by atoms with Gasteiger partial charge in [-0.1, -0.05) is 23.9 Å². The van der Waals surface area contributed by atoms with Crippen molar-refractivity contribution in [2.24, 2.45) is 10.9 Å². The fourth-order valence-electron chi connectivity index (χ4n) is 4.85. The SMILES string of the molecule is CCOC(=O)C1=C(C)N=C2SC=C(CC(=O)N3CCC(C(=O)OCC)CC3)N2C1c1cccc([N+](=O)[O-])c1. The highest BCUT2D eigenvalue weighted by Crippen LogP contribution is 2.45. The van der Waals surface area contributed by atoms with Crippen LogP contribution in [0.2, 0.25) is 0 Å². The number of allylic oxidation sites excluding steroid dienone is 1. The average Bonchev–Trinajstić information content (AvgIpc) is 3.29. The van der Waals surface area contributed by atoms with Crippen LogP contribution in [0.15, 0.2) is 51.6 Å². The summed E-state index contributed by atoms with van der Waals surface area (Å²) in [6.07, 6.45) is 1.14. The molecule has 1 unspecified atom stereocenters. The molecule has 0 aromatic heterocycles. The standard InChI is InChI=1S/C26H30N4O7S/c1-4-36-24(32)17-9-11-28(12-10-17)21(31)14-20-15-38-26-27-16(3)22(25(33)37-5-2)23(29(20)26)18-7-6-8-19(13-18)30(34)35/h6-8,13,15,17,23H,4-5,9-12,14H2,1-3H3. The molecule has 1 fully saturated rings. The number of rotatable bonds is 8. The number of benzene rings is 1. The predicted molar refractivity (Wildman–Crippen MR) is 141 cm³/mol. The molecule has 1 atom stereocenters. The van der Waals surface area contributed by atoms with E-state index in [9.17, 15) is 24.5 Å². The van der Waals surface area contributed by atoms with Gasteiger partial charge in [0.2, 0.25) is 5.91 Å². The molecule has 1 saturated heterocycles. The van der Waals surface area contributed by atoms with E-state index < -0.39 is 16.9 Å². The van der Waals surface area contributed by atoms with Crippen molar-refractivity contribution < 1.29 is 28.8 Å².